The molecular formula is C16H17N3O2. The molecule has 0 aliphatic carbocycles. The van der Waals surface area contributed by atoms with Crippen molar-refractivity contribution in [3.8, 4) is 0 Å². The van der Waals surface area contributed by atoms with Crippen molar-refractivity contribution < 1.29 is 9.59 Å². The van der Waals surface area contributed by atoms with E-state index in [0.29, 0.717) is 17.8 Å². The minimum Gasteiger partial charge on any atom is -0.300 e. The van der Waals surface area contributed by atoms with E-state index in [4.69, 9.17) is 0 Å². The SMILES string of the molecule is CCc1ccc2c(c1)C(=O)C(=O)N2Cc1cnn(CC)c1. The Balaban J connectivity index is 1.93. The Bertz CT molecular complexity index is 718. The Morgan fingerprint density at radius 3 is 2.62 bits per heavy atom. The molecule has 0 saturated heterocycles. The summed E-state index contributed by atoms with van der Waals surface area (Å²) in [6.45, 7) is 5.19. The first-order valence-electron chi connectivity index (χ1n) is 7.14. The number of aryl methyl sites for hydroxylation is 2. The van der Waals surface area contributed by atoms with Crippen molar-refractivity contribution in [1.82, 2.24) is 9.78 Å². The molecule has 0 unspecified atom stereocenters. The Morgan fingerprint density at radius 1 is 1.14 bits per heavy atom. The lowest BCUT2D eigenvalue weighted by Gasteiger charge is -2.15. The number of rotatable bonds is 4. The number of Topliss-reactive ketones (excluding diaryl/α,β-unsaturated/α-hetero) is 1. The largest absolute Gasteiger partial charge is 0.300 e. The summed E-state index contributed by atoms with van der Waals surface area (Å²) >= 11 is 0. The Morgan fingerprint density at radius 2 is 1.95 bits per heavy atom. The molecule has 1 amide bonds. The minimum atomic E-state index is -0.456. The molecule has 3 rings (SSSR count). The van der Waals surface area contributed by atoms with Gasteiger partial charge in [-0.2, -0.15) is 5.10 Å². The molecule has 1 aliphatic heterocycles. The van der Waals surface area contributed by atoms with E-state index in [1.165, 1.54) is 4.90 Å². The van der Waals surface area contributed by atoms with E-state index in [-0.39, 0.29) is 0 Å². The van der Waals surface area contributed by atoms with Gasteiger partial charge in [0.15, 0.2) is 0 Å². The van der Waals surface area contributed by atoms with Crippen LogP contribution in [0.15, 0.2) is 30.6 Å². The third-order valence-corrected chi connectivity index (χ3v) is 3.80. The van der Waals surface area contributed by atoms with Crippen LogP contribution in [0.5, 0.6) is 0 Å². The van der Waals surface area contributed by atoms with E-state index in [2.05, 4.69) is 5.10 Å². The number of carbonyl (C=O) groups excluding carboxylic acids is 2. The highest BCUT2D eigenvalue weighted by Gasteiger charge is 2.35. The first kappa shape index (κ1) is 13.5. The molecule has 5 nitrogen and oxygen atoms in total. The Kier molecular flexibility index (Phi) is 3.33. The van der Waals surface area contributed by atoms with Crippen LogP contribution in [-0.4, -0.2) is 21.5 Å². The number of hydrogen-bond acceptors (Lipinski definition) is 3. The highest BCUT2D eigenvalue weighted by Crippen LogP contribution is 2.31. The third kappa shape index (κ3) is 2.24. The van der Waals surface area contributed by atoms with Gasteiger partial charge in [0.2, 0.25) is 0 Å². The van der Waals surface area contributed by atoms with E-state index in [1.807, 2.05) is 38.2 Å². The summed E-state index contributed by atoms with van der Waals surface area (Å²) in [6, 6.07) is 5.65. The van der Waals surface area contributed by atoms with Gasteiger partial charge >= 0.3 is 0 Å². The van der Waals surface area contributed by atoms with Crippen LogP contribution in [0.1, 0.15) is 35.3 Å². The average molecular weight is 283 g/mol. The molecule has 1 aromatic carbocycles. The summed E-state index contributed by atoms with van der Waals surface area (Å²) in [5.74, 6) is -0.870. The highest BCUT2D eigenvalue weighted by molar-refractivity contribution is 6.52. The van der Waals surface area contributed by atoms with Crippen molar-refractivity contribution in [2.75, 3.05) is 4.90 Å². The normalized spacial score (nSPS) is 13.9. The molecule has 5 heteroatoms. The summed E-state index contributed by atoms with van der Waals surface area (Å²) in [4.78, 5) is 25.8. The molecule has 0 bridgehead atoms. The van der Waals surface area contributed by atoms with Crippen LogP contribution in [0.25, 0.3) is 0 Å². The zero-order valence-electron chi connectivity index (χ0n) is 12.2. The second-order valence-corrected chi connectivity index (χ2v) is 5.13. The van der Waals surface area contributed by atoms with E-state index in [0.717, 1.165) is 24.1 Å². The maximum Gasteiger partial charge on any atom is 0.299 e. The molecule has 0 spiro atoms. The van der Waals surface area contributed by atoms with Crippen molar-refractivity contribution >= 4 is 17.4 Å². The molecule has 2 aromatic rings. The van der Waals surface area contributed by atoms with Gasteiger partial charge in [0.1, 0.15) is 0 Å². The van der Waals surface area contributed by atoms with Crippen LogP contribution in [-0.2, 0) is 24.3 Å². The lowest BCUT2D eigenvalue weighted by atomic mass is 10.1. The summed E-state index contributed by atoms with van der Waals surface area (Å²) in [5.41, 5.74) is 3.20. The molecule has 21 heavy (non-hydrogen) atoms. The van der Waals surface area contributed by atoms with Gasteiger partial charge in [-0.05, 0) is 31.0 Å². The lowest BCUT2D eigenvalue weighted by Crippen LogP contribution is -2.28. The Labute approximate surface area is 123 Å². The monoisotopic (exact) mass is 283 g/mol. The summed E-state index contributed by atoms with van der Waals surface area (Å²) < 4.78 is 1.80. The number of aromatic nitrogens is 2. The quantitative estimate of drug-likeness (QED) is 0.808. The maximum atomic E-state index is 12.2. The van der Waals surface area contributed by atoms with Crippen LogP contribution in [0.2, 0.25) is 0 Å². The highest BCUT2D eigenvalue weighted by atomic mass is 16.2. The summed E-state index contributed by atoms with van der Waals surface area (Å²) in [7, 11) is 0. The molecule has 1 aromatic heterocycles. The van der Waals surface area contributed by atoms with Crippen molar-refractivity contribution in [2.24, 2.45) is 0 Å². The van der Waals surface area contributed by atoms with E-state index in [1.54, 1.807) is 10.9 Å². The molecular weight excluding hydrogens is 266 g/mol. The number of benzene rings is 1. The first-order chi connectivity index (χ1) is 10.1. The van der Waals surface area contributed by atoms with Gasteiger partial charge < -0.3 is 4.90 Å². The van der Waals surface area contributed by atoms with E-state index < -0.39 is 11.7 Å². The van der Waals surface area contributed by atoms with Gasteiger partial charge in [-0.15, -0.1) is 0 Å². The molecule has 108 valence electrons. The fraction of sp³-hybridized carbons (Fsp3) is 0.312. The van der Waals surface area contributed by atoms with Crippen molar-refractivity contribution in [2.45, 2.75) is 33.4 Å². The molecule has 0 fully saturated rings. The number of ketones is 1. The predicted molar refractivity (Wildman–Crippen MR) is 79.2 cm³/mol. The number of amides is 1. The van der Waals surface area contributed by atoms with Gasteiger partial charge in [0, 0.05) is 18.3 Å². The van der Waals surface area contributed by atoms with E-state index >= 15 is 0 Å². The van der Waals surface area contributed by atoms with Gasteiger partial charge in [-0.1, -0.05) is 13.0 Å². The fourth-order valence-corrected chi connectivity index (χ4v) is 2.57. The number of anilines is 1. The van der Waals surface area contributed by atoms with Crippen molar-refractivity contribution in [1.29, 1.82) is 0 Å². The number of hydrogen-bond donors (Lipinski definition) is 0. The Hall–Kier alpha value is -2.43. The zero-order chi connectivity index (χ0) is 15.0. The van der Waals surface area contributed by atoms with Crippen molar-refractivity contribution in [3.05, 3.63) is 47.3 Å². The molecule has 0 saturated carbocycles. The third-order valence-electron chi connectivity index (χ3n) is 3.80. The van der Waals surface area contributed by atoms with Gasteiger partial charge in [0.25, 0.3) is 11.7 Å². The van der Waals surface area contributed by atoms with Crippen LogP contribution >= 0.6 is 0 Å². The van der Waals surface area contributed by atoms with Crippen LogP contribution in [0.3, 0.4) is 0 Å². The smallest absolute Gasteiger partial charge is 0.299 e. The van der Waals surface area contributed by atoms with Gasteiger partial charge in [0.05, 0.1) is 24.0 Å². The number of nitrogens with zero attached hydrogens (tertiary/aromatic N) is 3. The first-order valence-corrected chi connectivity index (χ1v) is 7.14. The lowest BCUT2D eigenvalue weighted by molar-refractivity contribution is -0.114. The topological polar surface area (TPSA) is 55.2 Å². The second kappa shape index (κ2) is 5.16. The predicted octanol–water partition coefficient (Wildman–Crippen LogP) is 2.19. The summed E-state index contributed by atoms with van der Waals surface area (Å²) in [6.07, 6.45) is 4.48. The molecule has 0 atom stereocenters. The second-order valence-electron chi connectivity index (χ2n) is 5.13. The molecule has 2 heterocycles. The van der Waals surface area contributed by atoms with Crippen molar-refractivity contribution in [3.63, 3.8) is 0 Å². The molecule has 0 radical (unpaired) electrons. The summed E-state index contributed by atoms with van der Waals surface area (Å²) in [5, 5.41) is 4.20. The number of carbonyl (C=O) groups is 2. The fourth-order valence-electron chi connectivity index (χ4n) is 2.57. The molecule has 0 N–H and O–H groups in total. The minimum absolute atomic E-state index is 0.378. The maximum absolute atomic E-state index is 12.2. The zero-order valence-corrected chi connectivity index (χ0v) is 12.2. The average Bonchev–Trinajstić information content (AvgIpc) is 3.06. The standard InChI is InChI=1S/C16H17N3O2/c1-3-11-5-6-14-13(7-11)15(20)16(21)19(14)10-12-8-17-18(4-2)9-12/h5-9H,3-4,10H2,1-2H3. The number of fused-ring (bicyclic) bond motifs is 1. The van der Waals surface area contributed by atoms with Gasteiger partial charge in [-0.25, -0.2) is 0 Å². The van der Waals surface area contributed by atoms with Crippen LogP contribution < -0.4 is 4.90 Å². The van der Waals surface area contributed by atoms with Crippen LogP contribution in [0.4, 0.5) is 5.69 Å². The molecule has 1 aliphatic rings. The van der Waals surface area contributed by atoms with E-state index in [9.17, 15) is 9.59 Å². The van der Waals surface area contributed by atoms with Gasteiger partial charge in [-0.3, -0.25) is 14.3 Å². The van der Waals surface area contributed by atoms with Crippen LogP contribution in [0, 0.1) is 0 Å².